The molecule has 19 heavy (non-hydrogen) atoms. The van der Waals surface area contributed by atoms with Crippen molar-refractivity contribution in [1.29, 1.82) is 0 Å². The monoisotopic (exact) mass is 264 g/mol. The van der Waals surface area contributed by atoms with Gasteiger partial charge in [0.15, 0.2) is 0 Å². The van der Waals surface area contributed by atoms with E-state index in [1.165, 1.54) is 11.1 Å². The quantitative estimate of drug-likeness (QED) is 0.629. The lowest BCUT2D eigenvalue weighted by Gasteiger charge is -2.22. The van der Waals surface area contributed by atoms with Crippen molar-refractivity contribution in [1.82, 2.24) is 5.43 Å². The van der Waals surface area contributed by atoms with Gasteiger partial charge in [-0.3, -0.25) is 11.3 Å². The van der Waals surface area contributed by atoms with Crippen molar-refractivity contribution in [3.63, 3.8) is 0 Å². The third-order valence-corrected chi connectivity index (χ3v) is 3.89. The molecule has 1 aliphatic rings. The first-order chi connectivity index (χ1) is 9.13. The van der Waals surface area contributed by atoms with Crippen molar-refractivity contribution >= 4 is 0 Å². The summed E-state index contributed by atoms with van der Waals surface area (Å²) < 4.78 is 11.1. The Morgan fingerprint density at radius 3 is 2.89 bits per heavy atom. The number of ether oxygens (including phenoxy) is 2. The lowest BCUT2D eigenvalue weighted by molar-refractivity contribution is 0.117. The molecule has 1 fully saturated rings. The molecule has 1 heterocycles. The number of nitrogens with one attached hydrogen (secondary N) is 1. The highest BCUT2D eigenvalue weighted by atomic mass is 16.5. The smallest absolute Gasteiger partial charge is 0.122 e. The van der Waals surface area contributed by atoms with E-state index in [-0.39, 0.29) is 6.04 Å². The standard InChI is InChI=1S/C15H24N2O2/c1-10-4-5-15(18-3)12(6-10)8-14(17-16)13-7-11(2)19-9-13/h4-6,11,13-14,17H,7-9,16H2,1-3H3. The molecular formula is C15H24N2O2. The van der Waals surface area contributed by atoms with Crippen LogP contribution in [0.2, 0.25) is 0 Å². The fraction of sp³-hybridized carbons (Fsp3) is 0.600. The minimum Gasteiger partial charge on any atom is -0.496 e. The first-order valence-electron chi connectivity index (χ1n) is 6.85. The van der Waals surface area contributed by atoms with Crippen LogP contribution < -0.4 is 16.0 Å². The second kappa shape index (κ2) is 6.37. The highest BCUT2D eigenvalue weighted by Gasteiger charge is 2.29. The Bertz CT molecular complexity index is 423. The Balaban J connectivity index is 2.11. The van der Waals surface area contributed by atoms with Crippen molar-refractivity contribution in [2.75, 3.05) is 13.7 Å². The summed E-state index contributed by atoms with van der Waals surface area (Å²) in [6.45, 7) is 4.99. The van der Waals surface area contributed by atoms with Crippen LogP contribution in [0.5, 0.6) is 5.75 Å². The van der Waals surface area contributed by atoms with Crippen molar-refractivity contribution in [3.05, 3.63) is 29.3 Å². The summed E-state index contributed by atoms with van der Waals surface area (Å²) in [5, 5.41) is 0. The second-order valence-corrected chi connectivity index (χ2v) is 5.43. The predicted octanol–water partition coefficient (Wildman–Crippen LogP) is 1.80. The van der Waals surface area contributed by atoms with Crippen molar-refractivity contribution in [2.24, 2.45) is 11.8 Å². The van der Waals surface area contributed by atoms with Gasteiger partial charge in [-0.25, -0.2) is 0 Å². The summed E-state index contributed by atoms with van der Waals surface area (Å²) in [5.41, 5.74) is 5.39. The lowest BCUT2D eigenvalue weighted by Crippen LogP contribution is -2.42. The molecule has 3 unspecified atom stereocenters. The maximum absolute atomic E-state index is 5.73. The summed E-state index contributed by atoms with van der Waals surface area (Å²) in [4.78, 5) is 0. The molecule has 1 aromatic carbocycles. The van der Waals surface area contributed by atoms with Crippen LogP contribution in [0.3, 0.4) is 0 Å². The van der Waals surface area contributed by atoms with Gasteiger partial charge in [-0.05, 0) is 38.3 Å². The first-order valence-corrected chi connectivity index (χ1v) is 6.85. The predicted molar refractivity (Wildman–Crippen MR) is 76.1 cm³/mol. The van der Waals surface area contributed by atoms with Gasteiger partial charge >= 0.3 is 0 Å². The number of methoxy groups -OCH3 is 1. The molecule has 3 N–H and O–H groups in total. The van der Waals surface area contributed by atoms with Crippen LogP contribution in [0.4, 0.5) is 0 Å². The number of aryl methyl sites for hydroxylation is 1. The van der Waals surface area contributed by atoms with E-state index in [0.29, 0.717) is 12.0 Å². The average molecular weight is 264 g/mol. The van der Waals surface area contributed by atoms with E-state index in [1.54, 1.807) is 7.11 Å². The van der Waals surface area contributed by atoms with E-state index in [1.807, 2.05) is 6.07 Å². The molecule has 1 saturated heterocycles. The van der Waals surface area contributed by atoms with Crippen molar-refractivity contribution in [2.45, 2.75) is 38.8 Å². The Hall–Kier alpha value is -1.10. The summed E-state index contributed by atoms with van der Waals surface area (Å²) in [6, 6.07) is 6.48. The van der Waals surface area contributed by atoms with Gasteiger partial charge in [0.2, 0.25) is 0 Å². The van der Waals surface area contributed by atoms with Crippen LogP contribution in [0.15, 0.2) is 18.2 Å². The van der Waals surface area contributed by atoms with Gasteiger partial charge in [0.05, 0.1) is 19.8 Å². The van der Waals surface area contributed by atoms with E-state index in [2.05, 4.69) is 31.4 Å². The summed E-state index contributed by atoms with van der Waals surface area (Å²) in [6.07, 6.45) is 2.26. The van der Waals surface area contributed by atoms with E-state index in [4.69, 9.17) is 15.3 Å². The first kappa shape index (κ1) is 14.3. The average Bonchev–Trinajstić information content (AvgIpc) is 2.82. The SMILES string of the molecule is COc1ccc(C)cc1CC(NN)C1COC(C)C1. The van der Waals surface area contributed by atoms with Gasteiger partial charge < -0.3 is 9.47 Å². The fourth-order valence-electron chi connectivity index (χ4n) is 2.80. The Morgan fingerprint density at radius 2 is 2.32 bits per heavy atom. The largest absolute Gasteiger partial charge is 0.496 e. The number of nitrogens with two attached hydrogens (primary N) is 1. The van der Waals surface area contributed by atoms with Crippen molar-refractivity contribution < 1.29 is 9.47 Å². The maximum atomic E-state index is 5.73. The zero-order chi connectivity index (χ0) is 13.8. The highest BCUT2D eigenvalue weighted by molar-refractivity contribution is 5.37. The van der Waals surface area contributed by atoms with E-state index in [9.17, 15) is 0 Å². The van der Waals surface area contributed by atoms with Crippen LogP contribution >= 0.6 is 0 Å². The Kier molecular flexibility index (Phi) is 4.80. The molecule has 0 aromatic heterocycles. The number of rotatable bonds is 5. The maximum Gasteiger partial charge on any atom is 0.122 e. The van der Waals surface area contributed by atoms with E-state index >= 15 is 0 Å². The number of hydrazine groups is 1. The van der Waals surface area contributed by atoms with Crippen LogP contribution in [0.1, 0.15) is 24.5 Å². The molecule has 106 valence electrons. The molecule has 1 aliphatic heterocycles. The molecule has 0 radical (unpaired) electrons. The molecule has 0 bridgehead atoms. The minimum absolute atomic E-state index is 0.223. The van der Waals surface area contributed by atoms with Gasteiger partial charge in [0, 0.05) is 12.0 Å². The van der Waals surface area contributed by atoms with E-state index < -0.39 is 0 Å². The molecule has 4 heteroatoms. The second-order valence-electron chi connectivity index (χ2n) is 5.43. The molecule has 0 aliphatic carbocycles. The zero-order valence-electron chi connectivity index (χ0n) is 12.0. The fourth-order valence-corrected chi connectivity index (χ4v) is 2.80. The van der Waals surface area contributed by atoms with Crippen LogP contribution in [0.25, 0.3) is 0 Å². The lowest BCUT2D eigenvalue weighted by atomic mass is 9.91. The third kappa shape index (κ3) is 3.47. The normalized spacial score (nSPS) is 24.4. The molecule has 1 aromatic rings. The van der Waals surface area contributed by atoms with Crippen LogP contribution in [-0.2, 0) is 11.2 Å². The minimum atomic E-state index is 0.223. The number of benzene rings is 1. The topological polar surface area (TPSA) is 56.5 Å². The molecule has 3 atom stereocenters. The molecule has 4 nitrogen and oxygen atoms in total. The zero-order valence-corrected chi connectivity index (χ0v) is 12.0. The van der Waals surface area contributed by atoms with Gasteiger partial charge in [0.25, 0.3) is 0 Å². The Labute approximate surface area is 115 Å². The van der Waals surface area contributed by atoms with Gasteiger partial charge in [-0.1, -0.05) is 17.7 Å². The van der Waals surface area contributed by atoms with Crippen LogP contribution in [-0.4, -0.2) is 25.9 Å². The molecule has 0 saturated carbocycles. The third-order valence-electron chi connectivity index (χ3n) is 3.89. The van der Waals surface area contributed by atoms with Crippen molar-refractivity contribution in [3.8, 4) is 5.75 Å². The molecule has 0 amide bonds. The molecular weight excluding hydrogens is 240 g/mol. The van der Waals surface area contributed by atoms with Gasteiger partial charge in [-0.15, -0.1) is 0 Å². The van der Waals surface area contributed by atoms with E-state index in [0.717, 1.165) is 25.2 Å². The summed E-state index contributed by atoms with van der Waals surface area (Å²) in [5.74, 6) is 7.12. The molecule has 2 rings (SSSR count). The number of hydrogen-bond acceptors (Lipinski definition) is 4. The highest BCUT2D eigenvalue weighted by Crippen LogP contribution is 2.27. The molecule has 0 spiro atoms. The summed E-state index contributed by atoms with van der Waals surface area (Å²) >= 11 is 0. The van der Waals surface area contributed by atoms with Gasteiger partial charge in [0.1, 0.15) is 5.75 Å². The number of hydrogen-bond donors (Lipinski definition) is 2. The van der Waals surface area contributed by atoms with Crippen LogP contribution in [0, 0.1) is 12.8 Å². The van der Waals surface area contributed by atoms with Gasteiger partial charge in [-0.2, -0.15) is 0 Å². The Morgan fingerprint density at radius 1 is 1.53 bits per heavy atom. The summed E-state index contributed by atoms with van der Waals surface area (Å²) in [7, 11) is 1.71.